The summed E-state index contributed by atoms with van der Waals surface area (Å²) in [5.41, 5.74) is 0.0444. The Kier molecular flexibility index (Phi) is 3.71. The van der Waals surface area contributed by atoms with Crippen molar-refractivity contribution in [3.05, 3.63) is 33.9 Å². The number of nitrogens with zero attached hydrogens (tertiary/aromatic N) is 1. The second-order valence-electron chi connectivity index (χ2n) is 3.05. The number of nitro groups is 1. The van der Waals surface area contributed by atoms with Crippen LogP contribution in [-0.2, 0) is 4.79 Å². The third-order valence-corrected chi connectivity index (χ3v) is 1.96. The molecule has 0 aliphatic carbocycles. The largest absolute Gasteiger partial charge is 0.326 e. The summed E-state index contributed by atoms with van der Waals surface area (Å²) < 4.78 is 0. The van der Waals surface area contributed by atoms with Crippen molar-refractivity contribution in [1.29, 1.82) is 0 Å². The zero-order valence-corrected chi connectivity index (χ0v) is 8.60. The van der Waals surface area contributed by atoms with Gasteiger partial charge in [-0.05, 0) is 12.1 Å². The van der Waals surface area contributed by atoms with Crippen LogP contribution in [0.4, 0.5) is 11.4 Å². The number of nitrogens with one attached hydrogen (secondary N) is 1. The average Bonchev–Trinajstić information content (AvgIpc) is 2.28. The SMILES string of the molecule is CCC(=O)Nc1ccc([N+](=O)[O-])c(C=O)c1. The molecule has 0 heterocycles. The summed E-state index contributed by atoms with van der Waals surface area (Å²) in [5.74, 6) is -0.217. The van der Waals surface area contributed by atoms with Crippen molar-refractivity contribution < 1.29 is 14.5 Å². The molecule has 0 aliphatic rings. The van der Waals surface area contributed by atoms with Gasteiger partial charge in [0.15, 0.2) is 6.29 Å². The van der Waals surface area contributed by atoms with E-state index in [-0.39, 0.29) is 17.2 Å². The Morgan fingerprint density at radius 1 is 1.56 bits per heavy atom. The molecule has 1 aromatic carbocycles. The van der Waals surface area contributed by atoms with E-state index in [1.807, 2.05) is 0 Å². The zero-order chi connectivity index (χ0) is 12.1. The van der Waals surface area contributed by atoms with Crippen LogP contribution in [0, 0.1) is 10.1 Å². The fourth-order valence-corrected chi connectivity index (χ4v) is 1.14. The van der Waals surface area contributed by atoms with Gasteiger partial charge >= 0.3 is 0 Å². The third kappa shape index (κ3) is 2.63. The minimum Gasteiger partial charge on any atom is -0.326 e. The Bertz CT molecular complexity index is 442. The van der Waals surface area contributed by atoms with Gasteiger partial charge in [-0.3, -0.25) is 19.7 Å². The minimum atomic E-state index is -0.644. The Morgan fingerprint density at radius 3 is 2.75 bits per heavy atom. The van der Waals surface area contributed by atoms with E-state index in [0.717, 1.165) is 0 Å². The van der Waals surface area contributed by atoms with Crippen LogP contribution in [0.3, 0.4) is 0 Å². The number of rotatable bonds is 4. The van der Waals surface area contributed by atoms with Gasteiger partial charge in [-0.2, -0.15) is 0 Å². The molecule has 6 heteroatoms. The predicted molar refractivity (Wildman–Crippen MR) is 57.4 cm³/mol. The van der Waals surface area contributed by atoms with Crippen molar-refractivity contribution in [1.82, 2.24) is 0 Å². The molecule has 16 heavy (non-hydrogen) atoms. The van der Waals surface area contributed by atoms with Gasteiger partial charge in [0.2, 0.25) is 5.91 Å². The van der Waals surface area contributed by atoms with Crippen LogP contribution < -0.4 is 5.32 Å². The van der Waals surface area contributed by atoms with Gasteiger partial charge in [0.1, 0.15) is 0 Å². The summed E-state index contributed by atoms with van der Waals surface area (Å²) in [7, 11) is 0. The van der Waals surface area contributed by atoms with Crippen LogP contribution in [0.2, 0.25) is 0 Å². The lowest BCUT2D eigenvalue weighted by Crippen LogP contribution is -2.09. The van der Waals surface area contributed by atoms with E-state index in [1.165, 1.54) is 18.2 Å². The molecule has 0 radical (unpaired) electrons. The normalized spacial score (nSPS) is 9.56. The third-order valence-electron chi connectivity index (χ3n) is 1.96. The van der Waals surface area contributed by atoms with Crippen LogP contribution in [0.25, 0.3) is 0 Å². The molecule has 0 saturated heterocycles. The Morgan fingerprint density at radius 2 is 2.25 bits per heavy atom. The van der Waals surface area contributed by atoms with Gasteiger partial charge in [0.25, 0.3) is 5.69 Å². The second-order valence-corrected chi connectivity index (χ2v) is 3.05. The number of nitro benzene ring substituents is 1. The highest BCUT2D eigenvalue weighted by molar-refractivity contribution is 5.92. The molecule has 1 amide bonds. The lowest BCUT2D eigenvalue weighted by molar-refractivity contribution is -0.385. The zero-order valence-electron chi connectivity index (χ0n) is 8.60. The first-order valence-electron chi connectivity index (χ1n) is 4.62. The van der Waals surface area contributed by atoms with Gasteiger partial charge in [-0.15, -0.1) is 0 Å². The summed E-state index contributed by atoms with van der Waals surface area (Å²) in [4.78, 5) is 31.6. The molecule has 0 aliphatic heterocycles. The summed E-state index contributed by atoms with van der Waals surface area (Å²) >= 11 is 0. The van der Waals surface area contributed by atoms with Crippen molar-refractivity contribution in [2.75, 3.05) is 5.32 Å². The maximum Gasteiger partial charge on any atom is 0.280 e. The van der Waals surface area contributed by atoms with Gasteiger partial charge in [-0.25, -0.2) is 0 Å². The molecule has 0 spiro atoms. The quantitative estimate of drug-likeness (QED) is 0.477. The van der Waals surface area contributed by atoms with Crippen LogP contribution in [0.15, 0.2) is 18.2 Å². The lowest BCUT2D eigenvalue weighted by atomic mass is 10.1. The highest BCUT2D eigenvalue weighted by Crippen LogP contribution is 2.21. The summed E-state index contributed by atoms with van der Waals surface area (Å²) in [6.45, 7) is 1.68. The minimum absolute atomic E-state index is 0.0566. The van der Waals surface area contributed by atoms with Gasteiger partial charge in [0, 0.05) is 18.2 Å². The van der Waals surface area contributed by atoms with Gasteiger partial charge in [0.05, 0.1) is 10.5 Å². The van der Waals surface area contributed by atoms with Crippen LogP contribution in [0.5, 0.6) is 0 Å². The second kappa shape index (κ2) is 5.01. The van der Waals surface area contributed by atoms with Gasteiger partial charge in [-0.1, -0.05) is 6.92 Å². The highest BCUT2D eigenvalue weighted by Gasteiger charge is 2.13. The molecule has 0 unspecified atom stereocenters. The molecule has 1 aromatic rings. The van der Waals surface area contributed by atoms with E-state index < -0.39 is 4.92 Å². The summed E-state index contributed by atoms with van der Waals surface area (Å²) in [5, 5.41) is 13.0. The average molecular weight is 222 g/mol. The van der Waals surface area contributed by atoms with Crippen LogP contribution in [-0.4, -0.2) is 17.1 Å². The number of carbonyl (C=O) groups is 2. The van der Waals surface area contributed by atoms with Crippen molar-refractivity contribution in [3.8, 4) is 0 Å². The molecule has 1 N–H and O–H groups in total. The molecule has 0 fully saturated rings. The Labute approximate surface area is 91.4 Å². The smallest absolute Gasteiger partial charge is 0.280 e. The van der Waals surface area contributed by atoms with Crippen LogP contribution >= 0.6 is 0 Å². The maximum atomic E-state index is 11.1. The van der Waals surface area contributed by atoms with E-state index in [2.05, 4.69) is 5.32 Å². The molecular formula is C10H10N2O4. The first-order chi connectivity index (χ1) is 7.58. The monoisotopic (exact) mass is 222 g/mol. The summed E-state index contributed by atoms with van der Waals surface area (Å²) in [6, 6.07) is 3.85. The van der Waals surface area contributed by atoms with Crippen molar-refractivity contribution in [2.45, 2.75) is 13.3 Å². The number of carbonyl (C=O) groups excluding carboxylic acids is 2. The fourth-order valence-electron chi connectivity index (χ4n) is 1.14. The molecule has 6 nitrogen and oxygen atoms in total. The number of amides is 1. The molecule has 1 rings (SSSR count). The molecule has 0 bridgehead atoms. The Balaban J connectivity index is 3.04. The molecule has 0 atom stereocenters. The van der Waals surface area contributed by atoms with E-state index in [0.29, 0.717) is 18.4 Å². The van der Waals surface area contributed by atoms with Crippen molar-refractivity contribution in [3.63, 3.8) is 0 Å². The Hall–Kier alpha value is -2.24. The maximum absolute atomic E-state index is 11.1. The molecule has 84 valence electrons. The number of benzene rings is 1. The predicted octanol–water partition coefficient (Wildman–Crippen LogP) is 1.76. The highest BCUT2D eigenvalue weighted by atomic mass is 16.6. The summed E-state index contributed by atoms with van der Waals surface area (Å²) in [6.07, 6.45) is 0.688. The first-order valence-corrected chi connectivity index (χ1v) is 4.62. The number of aldehydes is 1. The number of hydrogen-bond acceptors (Lipinski definition) is 4. The van der Waals surface area contributed by atoms with E-state index >= 15 is 0 Å². The molecular weight excluding hydrogens is 212 g/mol. The fraction of sp³-hybridized carbons (Fsp3) is 0.200. The standard InChI is InChI=1S/C10H10N2O4/c1-2-10(14)11-8-3-4-9(12(15)16)7(5-8)6-13/h3-6H,2H2,1H3,(H,11,14). The molecule has 0 saturated carbocycles. The van der Waals surface area contributed by atoms with Crippen LogP contribution in [0.1, 0.15) is 23.7 Å². The van der Waals surface area contributed by atoms with E-state index in [9.17, 15) is 19.7 Å². The van der Waals surface area contributed by atoms with Crippen molar-refractivity contribution >= 4 is 23.6 Å². The van der Waals surface area contributed by atoms with Crippen molar-refractivity contribution in [2.24, 2.45) is 0 Å². The topological polar surface area (TPSA) is 89.3 Å². The number of hydrogen-bond donors (Lipinski definition) is 1. The number of anilines is 1. The lowest BCUT2D eigenvalue weighted by Gasteiger charge is -2.04. The van der Waals surface area contributed by atoms with E-state index in [1.54, 1.807) is 6.92 Å². The van der Waals surface area contributed by atoms with E-state index in [4.69, 9.17) is 0 Å². The molecule has 0 aromatic heterocycles. The first kappa shape index (κ1) is 11.8. The van der Waals surface area contributed by atoms with Gasteiger partial charge < -0.3 is 5.32 Å².